The second-order valence-electron chi connectivity index (χ2n) is 3.11. The Hall–Kier alpha value is 0.0900. The van der Waals surface area contributed by atoms with E-state index >= 15 is 0 Å². The third-order valence-corrected chi connectivity index (χ3v) is 4.91. The first-order valence-corrected chi connectivity index (χ1v) is 7.00. The van der Waals surface area contributed by atoms with Crippen LogP contribution in [0.5, 0.6) is 0 Å². The smallest absolute Gasteiger partial charge is 0.0656 e. The highest BCUT2D eigenvalue weighted by atomic mass is 127. The highest BCUT2D eigenvalue weighted by molar-refractivity contribution is 14.1. The monoisotopic (exact) mass is 335 g/mol. The quantitative estimate of drug-likeness (QED) is 0.831. The lowest BCUT2D eigenvalue weighted by molar-refractivity contribution is 0.899. The summed E-state index contributed by atoms with van der Waals surface area (Å²) >= 11 is 5.85. The van der Waals surface area contributed by atoms with E-state index in [9.17, 15) is 0 Å². The summed E-state index contributed by atoms with van der Waals surface area (Å²) in [6.45, 7) is 2.11. The molecule has 0 radical (unpaired) electrons. The van der Waals surface area contributed by atoms with Gasteiger partial charge in [0.1, 0.15) is 0 Å². The van der Waals surface area contributed by atoms with Gasteiger partial charge in [-0.15, -0.1) is 22.7 Å². The van der Waals surface area contributed by atoms with Gasteiger partial charge in [-0.1, -0.05) is 0 Å². The Balaban J connectivity index is 2.28. The average molecular weight is 335 g/mol. The van der Waals surface area contributed by atoms with Crippen LogP contribution in [0.3, 0.4) is 0 Å². The molecule has 1 atom stereocenters. The zero-order valence-corrected chi connectivity index (χ0v) is 11.4. The minimum atomic E-state index is 0.0495. The summed E-state index contributed by atoms with van der Waals surface area (Å²) in [5.74, 6) is 0. The number of aryl methyl sites for hydroxylation is 1. The zero-order valence-electron chi connectivity index (χ0n) is 7.66. The Kier molecular flexibility index (Phi) is 3.26. The summed E-state index contributed by atoms with van der Waals surface area (Å²) in [5, 5.41) is 2.14. The van der Waals surface area contributed by atoms with Crippen molar-refractivity contribution in [1.82, 2.24) is 0 Å². The lowest BCUT2D eigenvalue weighted by Gasteiger charge is -2.06. The molecular weight excluding hydrogens is 325 g/mol. The molecule has 2 aromatic rings. The van der Waals surface area contributed by atoms with Crippen molar-refractivity contribution in [3.05, 3.63) is 41.8 Å². The van der Waals surface area contributed by atoms with E-state index in [-0.39, 0.29) is 6.04 Å². The third kappa shape index (κ3) is 2.18. The predicted molar refractivity (Wildman–Crippen MR) is 72.1 cm³/mol. The molecular formula is C10H10INS2. The van der Waals surface area contributed by atoms with Gasteiger partial charge in [0.05, 0.1) is 8.93 Å². The first kappa shape index (κ1) is 10.6. The molecule has 2 N–H and O–H groups in total. The summed E-state index contributed by atoms with van der Waals surface area (Å²) in [4.78, 5) is 2.57. The molecule has 0 aromatic carbocycles. The molecule has 0 spiro atoms. The van der Waals surface area contributed by atoms with Crippen molar-refractivity contribution in [2.24, 2.45) is 5.73 Å². The molecule has 4 heteroatoms. The van der Waals surface area contributed by atoms with Crippen LogP contribution in [0.2, 0.25) is 0 Å². The predicted octanol–water partition coefficient (Wildman–Crippen LogP) is 3.77. The van der Waals surface area contributed by atoms with Gasteiger partial charge in [0.2, 0.25) is 0 Å². The standard InChI is InChI=1S/C10H10INS2/c1-6-2-3-8(14-6)10(12)7-4-9(11)13-5-7/h2-5,10H,12H2,1H3. The Bertz CT molecular complexity index is 393. The van der Waals surface area contributed by atoms with E-state index in [0.717, 1.165) is 0 Å². The average Bonchev–Trinajstić information content (AvgIpc) is 2.73. The maximum Gasteiger partial charge on any atom is 0.0656 e. The maximum absolute atomic E-state index is 6.16. The molecule has 2 aromatic heterocycles. The number of hydrogen-bond acceptors (Lipinski definition) is 3. The maximum atomic E-state index is 6.16. The molecule has 1 nitrogen and oxygen atoms in total. The van der Waals surface area contributed by atoms with Crippen molar-refractivity contribution in [3.63, 3.8) is 0 Å². The summed E-state index contributed by atoms with van der Waals surface area (Å²) < 4.78 is 1.29. The van der Waals surface area contributed by atoms with Crippen LogP contribution in [-0.2, 0) is 0 Å². The highest BCUT2D eigenvalue weighted by Crippen LogP contribution is 2.29. The highest BCUT2D eigenvalue weighted by Gasteiger charge is 2.11. The van der Waals surface area contributed by atoms with Crippen LogP contribution >= 0.6 is 45.3 Å². The SMILES string of the molecule is Cc1ccc(C(N)c2csc(I)c2)s1. The molecule has 0 aliphatic heterocycles. The van der Waals surface area contributed by atoms with Gasteiger partial charge in [0.25, 0.3) is 0 Å². The van der Waals surface area contributed by atoms with E-state index in [4.69, 9.17) is 5.73 Å². The van der Waals surface area contributed by atoms with E-state index in [1.165, 1.54) is 18.2 Å². The van der Waals surface area contributed by atoms with E-state index in [1.807, 2.05) is 0 Å². The first-order chi connectivity index (χ1) is 6.66. The summed E-state index contributed by atoms with van der Waals surface area (Å²) in [6, 6.07) is 6.45. The van der Waals surface area contributed by atoms with E-state index < -0.39 is 0 Å². The number of hydrogen-bond donors (Lipinski definition) is 1. The fourth-order valence-electron chi connectivity index (χ4n) is 1.27. The van der Waals surface area contributed by atoms with Gasteiger partial charge in [-0.2, -0.15) is 0 Å². The van der Waals surface area contributed by atoms with Crippen molar-refractivity contribution in [1.29, 1.82) is 0 Å². The fraction of sp³-hybridized carbons (Fsp3) is 0.200. The molecule has 0 aliphatic carbocycles. The van der Waals surface area contributed by atoms with Gasteiger partial charge < -0.3 is 5.73 Å². The van der Waals surface area contributed by atoms with Gasteiger partial charge in [0.15, 0.2) is 0 Å². The van der Waals surface area contributed by atoms with Crippen molar-refractivity contribution in [3.8, 4) is 0 Å². The van der Waals surface area contributed by atoms with E-state index in [0.29, 0.717) is 0 Å². The molecule has 0 aliphatic rings. The molecule has 2 heterocycles. The molecule has 0 saturated carbocycles. The van der Waals surface area contributed by atoms with Crippen LogP contribution < -0.4 is 5.73 Å². The van der Waals surface area contributed by atoms with Crippen molar-refractivity contribution < 1.29 is 0 Å². The molecule has 2 rings (SSSR count). The lowest BCUT2D eigenvalue weighted by atomic mass is 10.1. The van der Waals surface area contributed by atoms with Crippen LogP contribution in [-0.4, -0.2) is 0 Å². The Morgan fingerprint density at radius 3 is 2.71 bits per heavy atom. The number of nitrogens with two attached hydrogens (primary N) is 1. The molecule has 0 saturated heterocycles. The van der Waals surface area contributed by atoms with E-state index in [2.05, 4.69) is 53.1 Å². The van der Waals surface area contributed by atoms with Gasteiger partial charge in [-0.05, 0) is 58.7 Å². The molecule has 14 heavy (non-hydrogen) atoms. The Morgan fingerprint density at radius 2 is 2.21 bits per heavy atom. The first-order valence-electron chi connectivity index (χ1n) is 4.22. The van der Waals surface area contributed by atoms with Crippen LogP contribution in [0.15, 0.2) is 23.6 Å². The Labute approximate surface area is 105 Å². The third-order valence-electron chi connectivity index (χ3n) is 2.01. The van der Waals surface area contributed by atoms with Gasteiger partial charge in [-0.3, -0.25) is 0 Å². The van der Waals surface area contributed by atoms with Gasteiger partial charge in [0, 0.05) is 9.75 Å². The van der Waals surface area contributed by atoms with Crippen molar-refractivity contribution in [2.75, 3.05) is 0 Å². The summed E-state index contributed by atoms with van der Waals surface area (Å²) in [6.07, 6.45) is 0. The van der Waals surface area contributed by atoms with E-state index in [1.54, 1.807) is 22.7 Å². The summed E-state index contributed by atoms with van der Waals surface area (Å²) in [5.41, 5.74) is 7.38. The molecule has 74 valence electrons. The summed E-state index contributed by atoms with van der Waals surface area (Å²) in [7, 11) is 0. The van der Waals surface area contributed by atoms with Crippen LogP contribution in [0, 0.1) is 9.81 Å². The fourth-order valence-corrected chi connectivity index (χ4v) is 3.59. The minimum absolute atomic E-state index is 0.0495. The lowest BCUT2D eigenvalue weighted by Crippen LogP contribution is -2.08. The van der Waals surface area contributed by atoms with Crippen LogP contribution in [0.1, 0.15) is 21.4 Å². The van der Waals surface area contributed by atoms with Gasteiger partial charge in [-0.25, -0.2) is 0 Å². The van der Waals surface area contributed by atoms with Crippen LogP contribution in [0.4, 0.5) is 0 Å². The largest absolute Gasteiger partial charge is 0.320 e. The second-order valence-corrected chi connectivity index (χ2v) is 7.24. The minimum Gasteiger partial charge on any atom is -0.320 e. The van der Waals surface area contributed by atoms with Gasteiger partial charge >= 0.3 is 0 Å². The topological polar surface area (TPSA) is 26.0 Å². The molecule has 0 amide bonds. The molecule has 1 unspecified atom stereocenters. The number of rotatable bonds is 2. The molecule has 0 bridgehead atoms. The second kappa shape index (κ2) is 4.30. The Morgan fingerprint density at radius 1 is 1.43 bits per heavy atom. The van der Waals surface area contributed by atoms with Crippen molar-refractivity contribution >= 4 is 45.3 Å². The normalized spacial score (nSPS) is 13.1. The van der Waals surface area contributed by atoms with Crippen LogP contribution in [0.25, 0.3) is 0 Å². The molecule has 0 fully saturated rings. The van der Waals surface area contributed by atoms with Crippen molar-refractivity contribution in [2.45, 2.75) is 13.0 Å². The zero-order chi connectivity index (χ0) is 10.1. The number of halogens is 1. The number of thiophene rings is 2.